The van der Waals surface area contributed by atoms with Crippen molar-refractivity contribution in [3.8, 4) is 0 Å². The molecular weight excluding hydrogens is 284 g/mol. The summed E-state index contributed by atoms with van der Waals surface area (Å²) in [6, 6.07) is 8.43. The van der Waals surface area contributed by atoms with E-state index in [0.29, 0.717) is 4.99 Å². The van der Waals surface area contributed by atoms with Gasteiger partial charge in [0.2, 0.25) is 0 Å². The molecule has 0 unspecified atom stereocenters. The van der Waals surface area contributed by atoms with Crippen LogP contribution in [0.5, 0.6) is 0 Å². The zero-order valence-electron chi connectivity index (χ0n) is 9.83. The summed E-state index contributed by atoms with van der Waals surface area (Å²) in [6.45, 7) is 0.180. The quantitative estimate of drug-likeness (QED) is 0.698. The van der Waals surface area contributed by atoms with Gasteiger partial charge in [-0.3, -0.25) is 5.10 Å². The number of thiocarbonyl (C=S) groups is 1. The third-order valence-electron chi connectivity index (χ3n) is 2.47. The van der Waals surface area contributed by atoms with Gasteiger partial charge in [-0.1, -0.05) is 36.5 Å². The number of hydrogen-bond donors (Lipinski definition) is 3. The van der Waals surface area contributed by atoms with E-state index in [-0.39, 0.29) is 11.6 Å². The number of H-pyrrole nitrogens is 1. The van der Waals surface area contributed by atoms with Crippen LogP contribution in [0.1, 0.15) is 11.1 Å². The average molecular weight is 296 g/mol. The van der Waals surface area contributed by atoms with E-state index >= 15 is 0 Å². The fourth-order valence-electron chi connectivity index (χ4n) is 1.44. The van der Waals surface area contributed by atoms with Gasteiger partial charge in [-0.05, 0) is 11.6 Å². The van der Waals surface area contributed by atoms with Gasteiger partial charge in [0.1, 0.15) is 4.99 Å². The first kappa shape index (κ1) is 13.7. The summed E-state index contributed by atoms with van der Waals surface area (Å²) in [4.78, 5) is 0.310. The summed E-state index contributed by atoms with van der Waals surface area (Å²) < 4.78 is 26.1. The zero-order valence-corrected chi connectivity index (χ0v) is 11.5. The maximum Gasteiger partial charge on any atom is 0.257 e. The van der Waals surface area contributed by atoms with Gasteiger partial charge < -0.3 is 5.73 Å². The molecule has 6 nitrogen and oxygen atoms in total. The number of benzene rings is 1. The van der Waals surface area contributed by atoms with Crippen molar-refractivity contribution in [3.63, 3.8) is 0 Å². The zero-order chi connectivity index (χ0) is 13.9. The van der Waals surface area contributed by atoms with E-state index in [0.717, 1.165) is 11.1 Å². The highest BCUT2D eigenvalue weighted by molar-refractivity contribution is 7.89. The fraction of sp³-hybridized carbons (Fsp3) is 0.0909. The Morgan fingerprint density at radius 1 is 1.32 bits per heavy atom. The van der Waals surface area contributed by atoms with E-state index in [1.54, 1.807) is 24.3 Å². The molecule has 0 atom stereocenters. The van der Waals surface area contributed by atoms with E-state index in [1.165, 1.54) is 12.3 Å². The second-order valence-corrected chi connectivity index (χ2v) is 5.98. The van der Waals surface area contributed by atoms with Gasteiger partial charge in [0.25, 0.3) is 10.0 Å². The van der Waals surface area contributed by atoms with Crippen LogP contribution in [-0.4, -0.2) is 23.6 Å². The second kappa shape index (κ2) is 5.47. The summed E-state index contributed by atoms with van der Waals surface area (Å²) in [5, 5.41) is 6.04. The normalized spacial score (nSPS) is 11.4. The van der Waals surface area contributed by atoms with Crippen LogP contribution in [0.15, 0.2) is 41.6 Å². The third-order valence-corrected chi connectivity index (χ3v) is 4.04. The predicted molar refractivity (Wildman–Crippen MR) is 74.9 cm³/mol. The first-order chi connectivity index (χ1) is 8.99. The minimum Gasteiger partial charge on any atom is -0.389 e. The number of sulfonamides is 1. The molecule has 0 fully saturated rings. The Morgan fingerprint density at radius 2 is 2.00 bits per heavy atom. The topological polar surface area (TPSA) is 101 Å². The lowest BCUT2D eigenvalue weighted by atomic mass is 10.1. The van der Waals surface area contributed by atoms with Gasteiger partial charge in [-0.2, -0.15) is 5.10 Å². The van der Waals surface area contributed by atoms with Crippen molar-refractivity contribution >= 4 is 27.2 Å². The van der Waals surface area contributed by atoms with Gasteiger partial charge in [0, 0.05) is 12.1 Å². The van der Waals surface area contributed by atoms with Crippen LogP contribution in [0.25, 0.3) is 0 Å². The highest BCUT2D eigenvalue weighted by Gasteiger charge is 2.14. The number of aromatic nitrogens is 2. The standard InChI is InChI=1S/C11H12N4O2S2/c12-11(18)9-3-1-8(2-4-9)7-14-19(16,17)10-5-6-13-15-10/h1-6,14H,7H2,(H2,12,18)(H,13,15). The van der Waals surface area contributed by atoms with Crippen molar-refractivity contribution in [1.82, 2.24) is 14.9 Å². The molecule has 2 aromatic rings. The molecular formula is C11H12N4O2S2. The molecule has 8 heteroatoms. The second-order valence-electron chi connectivity index (χ2n) is 3.81. The lowest BCUT2D eigenvalue weighted by Crippen LogP contribution is -2.23. The summed E-state index contributed by atoms with van der Waals surface area (Å²) in [6.07, 6.45) is 1.38. The Morgan fingerprint density at radius 3 is 2.53 bits per heavy atom. The van der Waals surface area contributed by atoms with E-state index in [9.17, 15) is 8.42 Å². The van der Waals surface area contributed by atoms with Gasteiger partial charge >= 0.3 is 0 Å². The van der Waals surface area contributed by atoms with Crippen LogP contribution in [0, 0.1) is 0 Å². The summed E-state index contributed by atoms with van der Waals surface area (Å²) in [7, 11) is -3.56. The fourth-order valence-corrected chi connectivity index (χ4v) is 2.50. The smallest absolute Gasteiger partial charge is 0.257 e. The van der Waals surface area contributed by atoms with Crippen molar-refractivity contribution < 1.29 is 8.42 Å². The Kier molecular flexibility index (Phi) is 3.93. The maximum absolute atomic E-state index is 11.8. The Bertz CT molecular complexity index is 663. The number of hydrogen-bond acceptors (Lipinski definition) is 4. The van der Waals surface area contributed by atoms with Crippen LogP contribution >= 0.6 is 12.2 Å². The molecule has 4 N–H and O–H groups in total. The molecule has 0 aliphatic rings. The SMILES string of the molecule is NC(=S)c1ccc(CNS(=O)(=O)c2ccn[nH]2)cc1. The minimum atomic E-state index is -3.56. The number of aromatic amines is 1. The number of nitrogens with two attached hydrogens (primary N) is 1. The summed E-state index contributed by atoms with van der Waals surface area (Å²) in [5.74, 6) is 0. The predicted octanol–water partition coefficient (Wildman–Crippen LogP) is 0.522. The minimum absolute atomic E-state index is 0.0345. The largest absolute Gasteiger partial charge is 0.389 e. The third kappa shape index (κ3) is 3.37. The molecule has 0 amide bonds. The monoisotopic (exact) mass is 296 g/mol. The molecule has 19 heavy (non-hydrogen) atoms. The Balaban J connectivity index is 2.05. The van der Waals surface area contributed by atoms with Gasteiger partial charge in [0.15, 0.2) is 5.03 Å². The molecule has 0 spiro atoms. The van der Waals surface area contributed by atoms with Crippen molar-refractivity contribution in [2.45, 2.75) is 11.6 Å². The van der Waals surface area contributed by atoms with Gasteiger partial charge in [-0.15, -0.1) is 0 Å². The highest BCUT2D eigenvalue weighted by Crippen LogP contribution is 2.07. The van der Waals surface area contributed by atoms with Gasteiger partial charge in [0.05, 0.1) is 6.20 Å². The van der Waals surface area contributed by atoms with E-state index in [2.05, 4.69) is 14.9 Å². The van der Waals surface area contributed by atoms with Crippen LogP contribution in [0.2, 0.25) is 0 Å². The molecule has 0 bridgehead atoms. The number of nitrogens with zero attached hydrogens (tertiary/aromatic N) is 1. The van der Waals surface area contributed by atoms with Crippen LogP contribution in [0.4, 0.5) is 0 Å². The molecule has 0 radical (unpaired) electrons. The van der Waals surface area contributed by atoms with Crippen molar-refractivity contribution in [2.75, 3.05) is 0 Å². The molecule has 0 saturated heterocycles. The van der Waals surface area contributed by atoms with Crippen molar-refractivity contribution in [2.24, 2.45) is 5.73 Å². The molecule has 1 heterocycles. The maximum atomic E-state index is 11.8. The van der Waals surface area contributed by atoms with E-state index in [4.69, 9.17) is 18.0 Å². The van der Waals surface area contributed by atoms with E-state index in [1.807, 2.05) is 0 Å². The molecule has 1 aromatic heterocycles. The number of rotatable bonds is 5. The highest BCUT2D eigenvalue weighted by atomic mass is 32.2. The first-order valence-electron chi connectivity index (χ1n) is 5.37. The molecule has 100 valence electrons. The Labute approximate surface area is 116 Å². The molecule has 1 aromatic carbocycles. The number of nitrogens with one attached hydrogen (secondary N) is 2. The van der Waals surface area contributed by atoms with Crippen molar-refractivity contribution in [1.29, 1.82) is 0 Å². The van der Waals surface area contributed by atoms with Crippen LogP contribution < -0.4 is 10.5 Å². The van der Waals surface area contributed by atoms with Crippen LogP contribution in [0.3, 0.4) is 0 Å². The van der Waals surface area contributed by atoms with Crippen LogP contribution in [-0.2, 0) is 16.6 Å². The lowest BCUT2D eigenvalue weighted by molar-refractivity contribution is 0.577. The summed E-state index contributed by atoms with van der Waals surface area (Å²) in [5.41, 5.74) is 7.03. The summed E-state index contributed by atoms with van der Waals surface area (Å²) >= 11 is 4.84. The van der Waals surface area contributed by atoms with Gasteiger partial charge in [-0.25, -0.2) is 13.1 Å². The lowest BCUT2D eigenvalue weighted by Gasteiger charge is -2.05. The molecule has 0 aliphatic heterocycles. The molecule has 2 rings (SSSR count). The van der Waals surface area contributed by atoms with Crippen molar-refractivity contribution in [3.05, 3.63) is 47.7 Å². The Hall–Kier alpha value is -1.77. The average Bonchev–Trinajstić information content (AvgIpc) is 2.91. The molecule has 0 saturated carbocycles. The first-order valence-corrected chi connectivity index (χ1v) is 7.26. The van der Waals surface area contributed by atoms with E-state index < -0.39 is 10.0 Å². The molecule has 0 aliphatic carbocycles.